The van der Waals surface area contributed by atoms with E-state index in [0.717, 1.165) is 5.56 Å². The molecule has 2 N–H and O–H groups in total. The Hall–Kier alpha value is -2.02. The second-order valence-electron chi connectivity index (χ2n) is 2.96. The molecule has 0 bridgehead atoms. The van der Waals surface area contributed by atoms with Gasteiger partial charge in [0.1, 0.15) is 0 Å². The van der Waals surface area contributed by atoms with Crippen molar-refractivity contribution in [2.75, 3.05) is 7.05 Å². The van der Waals surface area contributed by atoms with Gasteiger partial charge in [-0.25, -0.2) is 5.01 Å². The van der Waals surface area contributed by atoms with E-state index in [2.05, 4.69) is 17.3 Å². The summed E-state index contributed by atoms with van der Waals surface area (Å²) in [5.74, 6) is 0. The zero-order valence-corrected chi connectivity index (χ0v) is 9.35. The SMILES string of the molecule is CN(/N=C/c1ccc([N+](=O)[O-])cc1)C(N)=S. The van der Waals surface area contributed by atoms with E-state index >= 15 is 0 Å². The Labute approximate surface area is 97.5 Å². The maximum Gasteiger partial charge on any atom is 0.269 e. The predicted octanol–water partition coefficient (Wildman–Crippen LogP) is 1.10. The normalized spacial score (nSPS) is 10.3. The molecule has 0 saturated heterocycles. The van der Waals surface area contributed by atoms with Crippen molar-refractivity contribution in [3.05, 3.63) is 39.9 Å². The number of thiocarbonyl (C=S) groups is 1. The fourth-order valence-corrected chi connectivity index (χ4v) is 0.939. The Kier molecular flexibility index (Phi) is 3.90. The lowest BCUT2D eigenvalue weighted by molar-refractivity contribution is -0.384. The predicted molar refractivity (Wildman–Crippen MR) is 65.2 cm³/mol. The summed E-state index contributed by atoms with van der Waals surface area (Å²) in [6.07, 6.45) is 1.52. The van der Waals surface area contributed by atoms with Crippen molar-refractivity contribution < 1.29 is 4.92 Å². The van der Waals surface area contributed by atoms with E-state index < -0.39 is 4.92 Å². The average Bonchev–Trinajstić information content (AvgIpc) is 2.26. The molecule has 0 aliphatic rings. The quantitative estimate of drug-likeness (QED) is 0.369. The number of nitrogens with two attached hydrogens (primary N) is 1. The molecule has 0 heterocycles. The van der Waals surface area contributed by atoms with Gasteiger partial charge in [0.15, 0.2) is 5.11 Å². The third kappa shape index (κ3) is 3.28. The number of non-ortho nitro benzene ring substituents is 1. The number of rotatable bonds is 3. The Bertz CT molecular complexity index is 430. The lowest BCUT2D eigenvalue weighted by Crippen LogP contribution is -2.27. The number of nitro groups is 1. The molecule has 0 aliphatic heterocycles. The van der Waals surface area contributed by atoms with Crippen LogP contribution in [0.25, 0.3) is 0 Å². The summed E-state index contributed by atoms with van der Waals surface area (Å²) in [5.41, 5.74) is 6.09. The molecule has 0 aromatic heterocycles. The zero-order valence-electron chi connectivity index (χ0n) is 8.53. The summed E-state index contributed by atoms with van der Waals surface area (Å²) in [6.45, 7) is 0. The molecule has 0 atom stereocenters. The van der Waals surface area contributed by atoms with Crippen LogP contribution in [0.2, 0.25) is 0 Å². The molecule has 0 aliphatic carbocycles. The lowest BCUT2D eigenvalue weighted by atomic mass is 10.2. The van der Waals surface area contributed by atoms with Crippen LogP contribution >= 0.6 is 12.2 Å². The molecule has 1 aromatic rings. The van der Waals surface area contributed by atoms with E-state index in [4.69, 9.17) is 5.73 Å². The van der Waals surface area contributed by atoms with Gasteiger partial charge in [-0.2, -0.15) is 5.10 Å². The smallest absolute Gasteiger partial charge is 0.269 e. The summed E-state index contributed by atoms with van der Waals surface area (Å²) in [6, 6.07) is 5.99. The monoisotopic (exact) mass is 238 g/mol. The Morgan fingerprint density at radius 3 is 2.56 bits per heavy atom. The molecule has 1 aromatic carbocycles. The lowest BCUT2D eigenvalue weighted by Gasteiger charge is -2.08. The zero-order chi connectivity index (χ0) is 12.1. The third-order valence-electron chi connectivity index (χ3n) is 1.80. The van der Waals surface area contributed by atoms with Gasteiger partial charge < -0.3 is 5.73 Å². The molecule has 0 saturated carbocycles. The number of benzene rings is 1. The summed E-state index contributed by atoms with van der Waals surface area (Å²) in [4.78, 5) is 9.94. The number of nitro benzene ring substituents is 1. The van der Waals surface area contributed by atoms with Crippen LogP contribution in [0.1, 0.15) is 5.56 Å². The number of hydrazone groups is 1. The summed E-state index contributed by atoms with van der Waals surface area (Å²) in [7, 11) is 1.62. The summed E-state index contributed by atoms with van der Waals surface area (Å²) in [5, 5.41) is 15.8. The first-order valence-corrected chi connectivity index (χ1v) is 4.73. The Balaban J connectivity index is 2.76. The first kappa shape index (κ1) is 12.1. The van der Waals surface area contributed by atoms with Crippen molar-refractivity contribution in [1.82, 2.24) is 5.01 Å². The Morgan fingerprint density at radius 1 is 1.56 bits per heavy atom. The van der Waals surface area contributed by atoms with Crippen molar-refractivity contribution in [3.8, 4) is 0 Å². The molecule has 7 heteroatoms. The van der Waals surface area contributed by atoms with Gasteiger partial charge in [-0.15, -0.1) is 0 Å². The molecule has 0 radical (unpaired) electrons. The average molecular weight is 238 g/mol. The molecule has 1 rings (SSSR count). The van der Waals surface area contributed by atoms with Crippen molar-refractivity contribution in [3.63, 3.8) is 0 Å². The molecule has 0 spiro atoms. The standard InChI is InChI=1S/C9H10N4O2S/c1-12(9(10)16)11-6-7-2-4-8(5-3-7)13(14)15/h2-6H,1H3,(H2,10,16)/b11-6+. The minimum absolute atomic E-state index is 0.0415. The molecule has 0 amide bonds. The van der Waals surface area contributed by atoms with Crippen molar-refractivity contribution in [1.29, 1.82) is 0 Å². The van der Waals surface area contributed by atoms with Crippen LogP contribution in [0.5, 0.6) is 0 Å². The first-order chi connectivity index (χ1) is 7.50. The van der Waals surface area contributed by atoms with Gasteiger partial charge in [0.2, 0.25) is 0 Å². The van der Waals surface area contributed by atoms with E-state index in [1.807, 2.05) is 0 Å². The van der Waals surface area contributed by atoms with Crippen LogP contribution in [0, 0.1) is 10.1 Å². The molecular weight excluding hydrogens is 228 g/mol. The topological polar surface area (TPSA) is 84.8 Å². The van der Waals surface area contributed by atoms with Gasteiger partial charge >= 0.3 is 0 Å². The van der Waals surface area contributed by atoms with Crippen molar-refractivity contribution >= 4 is 29.2 Å². The van der Waals surface area contributed by atoms with Gasteiger partial charge in [0.05, 0.1) is 11.1 Å². The Morgan fingerprint density at radius 2 is 2.12 bits per heavy atom. The minimum atomic E-state index is -0.456. The summed E-state index contributed by atoms with van der Waals surface area (Å²) >= 11 is 4.69. The van der Waals surface area contributed by atoms with E-state index in [9.17, 15) is 10.1 Å². The molecule has 6 nitrogen and oxygen atoms in total. The maximum absolute atomic E-state index is 10.4. The number of hydrogen-bond donors (Lipinski definition) is 1. The minimum Gasteiger partial charge on any atom is -0.375 e. The maximum atomic E-state index is 10.4. The van der Waals surface area contributed by atoms with Crippen LogP contribution in [0.15, 0.2) is 29.4 Å². The van der Waals surface area contributed by atoms with Gasteiger partial charge in [-0.3, -0.25) is 10.1 Å². The largest absolute Gasteiger partial charge is 0.375 e. The first-order valence-electron chi connectivity index (χ1n) is 4.32. The highest BCUT2D eigenvalue weighted by atomic mass is 32.1. The van der Waals surface area contributed by atoms with Crippen LogP contribution in [0.4, 0.5) is 5.69 Å². The van der Waals surface area contributed by atoms with E-state index in [-0.39, 0.29) is 10.8 Å². The van der Waals surface area contributed by atoms with Gasteiger partial charge in [0, 0.05) is 19.2 Å². The van der Waals surface area contributed by atoms with Gasteiger partial charge in [0.25, 0.3) is 5.69 Å². The van der Waals surface area contributed by atoms with E-state index in [0.29, 0.717) is 0 Å². The van der Waals surface area contributed by atoms with Crippen LogP contribution in [-0.2, 0) is 0 Å². The summed E-state index contributed by atoms with van der Waals surface area (Å²) < 4.78 is 0. The highest BCUT2D eigenvalue weighted by molar-refractivity contribution is 7.80. The fourth-order valence-electron chi connectivity index (χ4n) is 0.892. The highest BCUT2D eigenvalue weighted by Crippen LogP contribution is 2.10. The second kappa shape index (κ2) is 5.17. The molecule has 84 valence electrons. The van der Waals surface area contributed by atoms with E-state index in [1.54, 1.807) is 19.2 Å². The molecule has 16 heavy (non-hydrogen) atoms. The van der Waals surface area contributed by atoms with E-state index in [1.165, 1.54) is 23.4 Å². The molecule has 0 fully saturated rings. The highest BCUT2D eigenvalue weighted by Gasteiger charge is 2.02. The molecule has 0 unspecified atom stereocenters. The molecular formula is C9H10N4O2S. The van der Waals surface area contributed by atoms with Crippen LogP contribution in [0.3, 0.4) is 0 Å². The van der Waals surface area contributed by atoms with Crippen molar-refractivity contribution in [2.24, 2.45) is 10.8 Å². The van der Waals surface area contributed by atoms with Crippen LogP contribution < -0.4 is 5.73 Å². The van der Waals surface area contributed by atoms with Crippen LogP contribution in [-0.4, -0.2) is 28.3 Å². The van der Waals surface area contributed by atoms with Crippen molar-refractivity contribution in [2.45, 2.75) is 0 Å². The number of nitrogens with zero attached hydrogens (tertiary/aromatic N) is 3. The number of hydrogen-bond acceptors (Lipinski definition) is 4. The second-order valence-corrected chi connectivity index (χ2v) is 3.37. The van der Waals surface area contributed by atoms with Gasteiger partial charge in [-0.1, -0.05) is 0 Å². The fraction of sp³-hybridized carbons (Fsp3) is 0.111. The third-order valence-corrected chi connectivity index (χ3v) is 2.07. The van der Waals surface area contributed by atoms with Gasteiger partial charge in [-0.05, 0) is 29.9 Å².